The van der Waals surface area contributed by atoms with Gasteiger partial charge in [-0.05, 0) is 25.2 Å². The van der Waals surface area contributed by atoms with E-state index >= 15 is 0 Å². The van der Waals surface area contributed by atoms with Crippen LogP contribution in [-0.4, -0.2) is 35.5 Å². The van der Waals surface area contributed by atoms with Crippen LogP contribution in [0.15, 0.2) is 17.3 Å². The van der Waals surface area contributed by atoms with E-state index in [1.165, 1.54) is 12.4 Å². The van der Waals surface area contributed by atoms with Crippen LogP contribution in [0.5, 0.6) is 0 Å². The number of hydrogen-bond donors (Lipinski definition) is 1. The van der Waals surface area contributed by atoms with Crippen LogP contribution in [0.2, 0.25) is 0 Å². The third-order valence-corrected chi connectivity index (χ3v) is 4.88. The van der Waals surface area contributed by atoms with Gasteiger partial charge in [0.1, 0.15) is 4.90 Å². The largest absolute Gasteiger partial charge is 0.284 e. The number of H-pyrrole nitrogens is 1. The number of nitrogens with zero attached hydrogens (tertiary/aromatic N) is 2. The molecule has 96 valence electrons. The van der Waals surface area contributed by atoms with Crippen molar-refractivity contribution in [3.63, 3.8) is 0 Å². The van der Waals surface area contributed by atoms with Crippen molar-refractivity contribution in [3.8, 4) is 0 Å². The van der Waals surface area contributed by atoms with Crippen LogP contribution in [0.1, 0.15) is 33.1 Å². The van der Waals surface area contributed by atoms with Gasteiger partial charge in [-0.1, -0.05) is 13.8 Å². The van der Waals surface area contributed by atoms with Crippen LogP contribution in [-0.2, 0) is 10.0 Å². The number of sulfonamides is 1. The monoisotopic (exact) mass is 257 g/mol. The zero-order chi connectivity index (χ0) is 12.5. The van der Waals surface area contributed by atoms with Gasteiger partial charge in [-0.15, -0.1) is 0 Å². The minimum absolute atomic E-state index is 0.202. The van der Waals surface area contributed by atoms with E-state index in [2.05, 4.69) is 24.0 Å². The Morgan fingerprint density at radius 1 is 1.53 bits per heavy atom. The molecule has 1 saturated carbocycles. The van der Waals surface area contributed by atoms with Crippen LogP contribution in [0.4, 0.5) is 0 Å². The van der Waals surface area contributed by atoms with Crippen molar-refractivity contribution in [3.05, 3.63) is 12.4 Å². The molecule has 2 rings (SSSR count). The van der Waals surface area contributed by atoms with Crippen molar-refractivity contribution in [2.45, 2.75) is 44.0 Å². The second-order valence-electron chi connectivity index (χ2n) is 4.96. The van der Waals surface area contributed by atoms with E-state index in [-0.39, 0.29) is 10.9 Å². The minimum Gasteiger partial charge on any atom is -0.284 e. The van der Waals surface area contributed by atoms with E-state index in [1.807, 2.05) is 0 Å². The molecule has 0 spiro atoms. The Balaban J connectivity index is 2.15. The van der Waals surface area contributed by atoms with Gasteiger partial charge in [-0.3, -0.25) is 5.10 Å². The first-order valence-electron chi connectivity index (χ1n) is 6.02. The molecular weight excluding hydrogens is 238 g/mol. The summed E-state index contributed by atoms with van der Waals surface area (Å²) in [4.78, 5) is 0.271. The molecule has 0 aliphatic heterocycles. The highest BCUT2D eigenvalue weighted by Crippen LogP contribution is 2.32. The summed E-state index contributed by atoms with van der Waals surface area (Å²) in [7, 11) is -3.35. The molecule has 0 radical (unpaired) electrons. The van der Waals surface area contributed by atoms with Crippen molar-refractivity contribution in [1.29, 1.82) is 0 Å². The van der Waals surface area contributed by atoms with Crippen LogP contribution < -0.4 is 0 Å². The summed E-state index contributed by atoms with van der Waals surface area (Å²) in [5.74, 6) is 0.510. The SMILES string of the molecule is CC(C)CCN(C1CC1)S(=O)(=O)c1cn[nH]c1. The summed E-state index contributed by atoms with van der Waals surface area (Å²) >= 11 is 0. The predicted molar refractivity (Wildman–Crippen MR) is 65.0 cm³/mol. The Morgan fingerprint density at radius 2 is 2.24 bits per heavy atom. The van der Waals surface area contributed by atoms with E-state index < -0.39 is 10.0 Å². The molecule has 5 nitrogen and oxygen atoms in total. The normalized spacial score (nSPS) is 16.9. The molecule has 0 atom stereocenters. The van der Waals surface area contributed by atoms with E-state index in [0.717, 1.165) is 19.3 Å². The van der Waals surface area contributed by atoms with Crippen LogP contribution in [0.25, 0.3) is 0 Å². The van der Waals surface area contributed by atoms with Crippen molar-refractivity contribution < 1.29 is 8.42 Å². The number of nitrogens with one attached hydrogen (secondary N) is 1. The van der Waals surface area contributed by atoms with Crippen LogP contribution in [0.3, 0.4) is 0 Å². The Labute approximate surface area is 102 Å². The van der Waals surface area contributed by atoms with Crippen molar-refractivity contribution in [2.75, 3.05) is 6.54 Å². The maximum absolute atomic E-state index is 12.4. The molecule has 1 fully saturated rings. The highest BCUT2D eigenvalue weighted by atomic mass is 32.2. The third-order valence-electron chi connectivity index (χ3n) is 2.96. The quantitative estimate of drug-likeness (QED) is 0.842. The Kier molecular flexibility index (Phi) is 3.53. The fourth-order valence-corrected chi connectivity index (χ4v) is 3.37. The highest BCUT2D eigenvalue weighted by molar-refractivity contribution is 7.89. The van der Waals surface area contributed by atoms with E-state index in [4.69, 9.17) is 0 Å². The predicted octanol–water partition coefficient (Wildman–Crippen LogP) is 1.61. The Morgan fingerprint density at radius 3 is 2.71 bits per heavy atom. The van der Waals surface area contributed by atoms with Gasteiger partial charge in [0.05, 0.1) is 6.20 Å². The van der Waals surface area contributed by atoms with Gasteiger partial charge in [0.15, 0.2) is 0 Å². The van der Waals surface area contributed by atoms with Gasteiger partial charge >= 0.3 is 0 Å². The number of aromatic amines is 1. The first kappa shape index (κ1) is 12.6. The summed E-state index contributed by atoms with van der Waals surface area (Å²) < 4.78 is 26.3. The third kappa shape index (κ3) is 2.87. The molecule has 1 heterocycles. The number of hydrogen-bond acceptors (Lipinski definition) is 3. The molecule has 1 aliphatic rings. The minimum atomic E-state index is -3.35. The van der Waals surface area contributed by atoms with Crippen molar-refractivity contribution in [2.24, 2.45) is 5.92 Å². The van der Waals surface area contributed by atoms with Gasteiger partial charge < -0.3 is 0 Å². The van der Waals surface area contributed by atoms with Crippen LogP contribution >= 0.6 is 0 Å². The molecule has 0 amide bonds. The number of rotatable bonds is 6. The fourth-order valence-electron chi connectivity index (χ4n) is 1.76. The Bertz CT molecular complexity index is 449. The summed E-state index contributed by atoms with van der Waals surface area (Å²) in [5, 5.41) is 6.27. The summed E-state index contributed by atoms with van der Waals surface area (Å²) in [5.41, 5.74) is 0. The van der Waals surface area contributed by atoms with Gasteiger partial charge in [0, 0.05) is 18.8 Å². The maximum Gasteiger partial charge on any atom is 0.246 e. The maximum atomic E-state index is 12.4. The van der Waals surface area contributed by atoms with Gasteiger partial charge in [-0.25, -0.2) is 8.42 Å². The summed E-state index contributed by atoms with van der Waals surface area (Å²) in [6, 6.07) is 0.202. The lowest BCUT2D eigenvalue weighted by Gasteiger charge is -2.21. The zero-order valence-electron chi connectivity index (χ0n) is 10.3. The van der Waals surface area contributed by atoms with E-state index in [9.17, 15) is 8.42 Å². The molecule has 1 N–H and O–H groups in total. The average molecular weight is 257 g/mol. The topological polar surface area (TPSA) is 66.1 Å². The molecule has 0 bridgehead atoms. The molecule has 1 aromatic rings. The van der Waals surface area contributed by atoms with Gasteiger partial charge in [-0.2, -0.15) is 9.40 Å². The van der Waals surface area contributed by atoms with Gasteiger partial charge in [0.25, 0.3) is 0 Å². The lowest BCUT2D eigenvalue weighted by atomic mass is 10.1. The molecule has 0 unspecified atom stereocenters. The second-order valence-corrected chi connectivity index (χ2v) is 6.85. The summed E-state index contributed by atoms with van der Waals surface area (Å²) in [6.07, 6.45) is 5.68. The molecule has 0 aromatic carbocycles. The standard InChI is InChI=1S/C11H19N3O2S/c1-9(2)5-6-14(10-3-4-10)17(15,16)11-7-12-13-8-11/h7-10H,3-6H2,1-2H3,(H,12,13). The smallest absolute Gasteiger partial charge is 0.246 e. The first-order valence-corrected chi connectivity index (χ1v) is 7.46. The van der Waals surface area contributed by atoms with Crippen molar-refractivity contribution >= 4 is 10.0 Å². The highest BCUT2D eigenvalue weighted by Gasteiger charge is 2.38. The fraction of sp³-hybridized carbons (Fsp3) is 0.727. The zero-order valence-corrected chi connectivity index (χ0v) is 11.1. The number of aromatic nitrogens is 2. The molecule has 0 saturated heterocycles. The Hall–Kier alpha value is -0.880. The summed E-state index contributed by atoms with van der Waals surface area (Å²) in [6.45, 7) is 4.82. The molecule has 17 heavy (non-hydrogen) atoms. The molecular formula is C11H19N3O2S. The van der Waals surface area contributed by atoms with E-state index in [0.29, 0.717) is 12.5 Å². The van der Waals surface area contributed by atoms with E-state index in [1.54, 1.807) is 4.31 Å². The van der Waals surface area contributed by atoms with Crippen molar-refractivity contribution in [1.82, 2.24) is 14.5 Å². The molecule has 1 aromatic heterocycles. The lowest BCUT2D eigenvalue weighted by molar-refractivity contribution is 0.373. The molecule has 6 heteroatoms. The first-order chi connectivity index (χ1) is 8.01. The van der Waals surface area contributed by atoms with Crippen LogP contribution in [0, 0.1) is 5.92 Å². The van der Waals surface area contributed by atoms with Gasteiger partial charge in [0.2, 0.25) is 10.0 Å². The second kappa shape index (κ2) is 4.78. The molecule has 1 aliphatic carbocycles. The lowest BCUT2D eigenvalue weighted by Crippen LogP contribution is -2.34. The average Bonchev–Trinajstić information content (AvgIpc) is 2.92.